The zero-order chi connectivity index (χ0) is 15.3. The summed E-state index contributed by atoms with van der Waals surface area (Å²) in [6.07, 6.45) is 1.65. The molecule has 0 aliphatic carbocycles. The second kappa shape index (κ2) is 11.8. The Morgan fingerprint density at radius 3 is 2.29 bits per heavy atom. The van der Waals surface area contributed by atoms with Gasteiger partial charge in [-0.05, 0) is 37.6 Å². The van der Waals surface area contributed by atoms with E-state index in [0.717, 1.165) is 24.3 Å². The third-order valence-electron chi connectivity index (χ3n) is 2.55. The highest BCUT2D eigenvalue weighted by Crippen LogP contribution is 2.16. The summed E-state index contributed by atoms with van der Waals surface area (Å²) in [7, 11) is 0. The number of Topliss-reactive ketones (excluding diaryl/α,β-unsaturated/α-hetero) is 1. The van der Waals surface area contributed by atoms with E-state index in [1.165, 1.54) is 6.92 Å². The molecule has 0 saturated heterocycles. The van der Waals surface area contributed by atoms with Gasteiger partial charge in [0.05, 0.1) is 29.5 Å². The first-order valence-electron chi connectivity index (χ1n) is 6.97. The first-order chi connectivity index (χ1) is 10.2. The molecule has 0 bridgehead atoms. The van der Waals surface area contributed by atoms with E-state index < -0.39 is 0 Å². The van der Waals surface area contributed by atoms with Crippen molar-refractivity contribution < 1.29 is 19.0 Å². The van der Waals surface area contributed by atoms with E-state index in [0.29, 0.717) is 26.4 Å². The summed E-state index contributed by atoms with van der Waals surface area (Å²) in [5.41, 5.74) is 1.05. The molecule has 118 valence electrons. The number of rotatable bonds is 12. The number of hydrogen-bond acceptors (Lipinski definition) is 5. The van der Waals surface area contributed by atoms with Crippen molar-refractivity contribution in [2.24, 2.45) is 0 Å². The standard InChI is InChI=1S/C15H22INO4/c1-13(18)12-20-10-2-8-19-9-3-11-21-15-6-4-14(17-16)5-7-15/h4-7,17H,2-3,8-12H2,1H3. The maximum atomic E-state index is 10.6. The number of halogens is 1. The zero-order valence-corrected chi connectivity index (χ0v) is 14.4. The maximum Gasteiger partial charge on any atom is 0.155 e. The summed E-state index contributed by atoms with van der Waals surface area (Å²) >= 11 is 2.09. The van der Waals surface area contributed by atoms with Crippen LogP contribution in [0.15, 0.2) is 24.3 Å². The number of anilines is 1. The number of nitrogens with one attached hydrogen (secondary N) is 1. The van der Waals surface area contributed by atoms with Crippen molar-refractivity contribution in [3.05, 3.63) is 24.3 Å². The van der Waals surface area contributed by atoms with Crippen molar-refractivity contribution in [1.82, 2.24) is 0 Å². The van der Waals surface area contributed by atoms with Gasteiger partial charge in [0, 0.05) is 31.9 Å². The molecule has 1 aromatic rings. The maximum absolute atomic E-state index is 10.6. The predicted octanol–water partition coefficient (Wildman–Crippen LogP) is 3.23. The molecule has 0 saturated carbocycles. The Hall–Kier alpha value is -0.860. The number of ether oxygens (including phenoxy) is 3. The largest absolute Gasteiger partial charge is 0.494 e. The van der Waals surface area contributed by atoms with Crippen LogP contribution in [-0.4, -0.2) is 38.8 Å². The summed E-state index contributed by atoms with van der Waals surface area (Å²) in [5.74, 6) is 0.915. The molecule has 0 atom stereocenters. The van der Waals surface area contributed by atoms with Crippen molar-refractivity contribution in [2.45, 2.75) is 19.8 Å². The van der Waals surface area contributed by atoms with Crippen LogP contribution in [0.1, 0.15) is 19.8 Å². The molecule has 0 radical (unpaired) electrons. The summed E-state index contributed by atoms with van der Waals surface area (Å²) in [6, 6.07) is 7.82. The first-order valence-corrected chi connectivity index (χ1v) is 8.04. The lowest BCUT2D eigenvalue weighted by Crippen LogP contribution is -2.08. The Kier molecular flexibility index (Phi) is 10.2. The summed E-state index contributed by atoms with van der Waals surface area (Å²) in [4.78, 5) is 10.6. The smallest absolute Gasteiger partial charge is 0.155 e. The van der Waals surface area contributed by atoms with Crippen LogP contribution in [0.2, 0.25) is 0 Å². The average Bonchev–Trinajstić information content (AvgIpc) is 2.49. The Morgan fingerprint density at radius 2 is 1.67 bits per heavy atom. The van der Waals surface area contributed by atoms with E-state index in [4.69, 9.17) is 14.2 Å². The normalized spacial score (nSPS) is 10.4. The molecule has 0 aliphatic rings. The molecule has 0 unspecified atom stereocenters. The molecule has 1 aromatic carbocycles. The van der Waals surface area contributed by atoms with Gasteiger partial charge in [-0.2, -0.15) is 0 Å². The van der Waals surface area contributed by atoms with Crippen molar-refractivity contribution in [3.8, 4) is 5.75 Å². The van der Waals surface area contributed by atoms with Gasteiger partial charge in [-0.15, -0.1) is 0 Å². The van der Waals surface area contributed by atoms with Crippen molar-refractivity contribution in [2.75, 3.05) is 36.6 Å². The lowest BCUT2D eigenvalue weighted by Gasteiger charge is -2.07. The molecule has 0 heterocycles. The molecular weight excluding hydrogens is 385 g/mol. The Morgan fingerprint density at radius 1 is 1.05 bits per heavy atom. The lowest BCUT2D eigenvalue weighted by atomic mass is 10.3. The molecule has 1 rings (SSSR count). The van der Waals surface area contributed by atoms with Crippen LogP contribution >= 0.6 is 22.9 Å². The molecule has 0 fully saturated rings. The summed E-state index contributed by atoms with van der Waals surface area (Å²) in [6.45, 7) is 4.22. The highest BCUT2D eigenvalue weighted by molar-refractivity contribution is 14.1. The number of hydrogen-bond donors (Lipinski definition) is 1. The number of carbonyl (C=O) groups is 1. The van der Waals surface area contributed by atoms with E-state index in [1.54, 1.807) is 0 Å². The van der Waals surface area contributed by atoms with Crippen LogP contribution < -0.4 is 8.27 Å². The highest BCUT2D eigenvalue weighted by atomic mass is 127. The van der Waals surface area contributed by atoms with E-state index in [2.05, 4.69) is 26.4 Å². The molecule has 0 aromatic heterocycles. The minimum Gasteiger partial charge on any atom is -0.494 e. The van der Waals surface area contributed by atoms with Gasteiger partial charge >= 0.3 is 0 Å². The third-order valence-corrected chi connectivity index (χ3v) is 3.17. The van der Waals surface area contributed by atoms with Gasteiger partial charge in [0.25, 0.3) is 0 Å². The predicted molar refractivity (Wildman–Crippen MR) is 91.1 cm³/mol. The van der Waals surface area contributed by atoms with E-state index in [-0.39, 0.29) is 12.4 Å². The fraction of sp³-hybridized carbons (Fsp3) is 0.533. The molecule has 6 heteroatoms. The van der Waals surface area contributed by atoms with Crippen LogP contribution in [0.4, 0.5) is 5.69 Å². The summed E-state index contributed by atoms with van der Waals surface area (Å²) < 4.78 is 19.2. The molecule has 21 heavy (non-hydrogen) atoms. The molecule has 5 nitrogen and oxygen atoms in total. The molecule has 0 amide bonds. The Bertz CT molecular complexity index is 397. The molecule has 0 spiro atoms. The third kappa shape index (κ3) is 9.65. The second-order valence-corrected chi connectivity index (χ2v) is 5.08. The average molecular weight is 407 g/mol. The topological polar surface area (TPSA) is 56.8 Å². The number of benzene rings is 1. The minimum atomic E-state index is 0.0513. The summed E-state index contributed by atoms with van der Waals surface area (Å²) in [5, 5.41) is 0. The van der Waals surface area contributed by atoms with Crippen LogP contribution in [0.5, 0.6) is 5.75 Å². The molecular formula is C15H22INO4. The van der Waals surface area contributed by atoms with Gasteiger partial charge in [-0.25, -0.2) is 0 Å². The van der Waals surface area contributed by atoms with Gasteiger partial charge in [0.1, 0.15) is 12.4 Å². The Balaban J connectivity index is 1.91. The monoisotopic (exact) mass is 407 g/mol. The fourth-order valence-corrected chi connectivity index (χ4v) is 1.91. The Labute approximate surface area is 139 Å². The van der Waals surface area contributed by atoms with Crippen molar-refractivity contribution in [1.29, 1.82) is 0 Å². The van der Waals surface area contributed by atoms with Gasteiger partial charge in [-0.1, -0.05) is 0 Å². The molecule has 0 aliphatic heterocycles. The first kappa shape index (κ1) is 18.2. The number of ketones is 1. The van der Waals surface area contributed by atoms with Crippen molar-refractivity contribution in [3.63, 3.8) is 0 Å². The highest BCUT2D eigenvalue weighted by Gasteiger charge is 1.96. The van der Waals surface area contributed by atoms with Gasteiger partial charge in [0.2, 0.25) is 0 Å². The van der Waals surface area contributed by atoms with E-state index >= 15 is 0 Å². The van der Waals surface area contributed by atoms with Crippen LogP contribution in [0.25, 0.3) is 0 Å². The van der Waals surface area contributed by atoms with E-state index in [1.807, 2.05) is 24.3 Å². The van der Waals surface area contributed by atoms with Gasteiger partial charge in [-0.3, -0.25) is 4.79 Å². The fourth-order valence-electron chi connectivity index (χ4n) is 1.55. The van der Waals surface area contributed by atoms with Crippen LogP contribution in [0.3, 0.4) is 0 Å². The second-order valence-electron chi connectivity index (χ2n) is 4.54. The SMILES string of the molecule is CC(=O)COCCCOCCCOc1ccc(NI)cc1. The van der Waals surface area contributed by atoms with Crippen LogP contribution in [0, 0.1) is 0 Å². The number of carbonyl (C=O) groups excluding carboxylic acids is 1. The molecule has 1 N–H and O–H groups in total. The van der Waals surface area contributed by atoms with Gasteiger partial charge in [0.15, 0.2) is 5.78 Å². The van der Waals surface area contributed by atoms with Crippen molar-refractivity contribution >= 4 is 34.3 Å². The lowest BCUT2D eigenvalue weighted by molar-refractivity contribution is -0.121. The van der Waals surface area contributed by atoms with Gasteiger partial charge < -0.3 is 17.7 Å². The van der Waals surface area contributed by atoms with E-state index in [9.17, 15) is 4.79 Å². The quantitative estimate of drug-likeness (QED) is 0.328. The minimum absolute atomic E-state index is 0.0513. The van der Waals surface area contributed by atoms with Crippen LogP contribution in [-0.2, 0) is 14.3 Å². The zero-order valence-electron chi connectivity index (χ0n) is 12.3.